The first kappa shape index (κ1) is 12.9. The Labute approximate surface area is 115 Å². The minimum absolute atomic E-state index is 0.138. The van der Waals surface area contributed by atoms with Crippen LogP contribution in [0.1, 0.15) is 24.5 Å². The van der Waals surface area contributed by atoms with Crippen LogP contribution in [0.3, 0.4) is 0 Å². The Morgan fingerprint density at radius 2 is 1.95 bits per heavy atom. The number of nitrogen functional groups attached to an aromatic ring is 1. The van der Waals surface area contributed by atoms with Gasteiger partial charge in [0.15, 0.2) is 0 Å². The number of ether oxygens (including phenoxy) is 1. The van der Waals surface area contributed by atoms with Crippen molar-refractivity contribution < 1.29 is 13.5 Å². The summed E-state index contributed by atoms with van der Waals surface area (Å²) < 4.78 is 30.3. The van der Waals surface area contributed by atoms with E-state index < -0.39 is 6.61 Å². The molecule has 0 bridgehead atoms. The van der Waals surface area contributed by atoms with E-state index in [4.69, 9.17) is 5.73 Å². The topological polar surface area (TPSA) is 53.1 Å². The second kappa shape index (κ2) is 4.77. The van der Waals surface area contributed by atoms with E-state index in [-0.39, 0.29) is 5.75 Å². The van der Waals surface area contributed by atoms with Gasteiger partial charge in [-0.05, 0) is 30.5 Å². The first-order valence-corrected chi connectivity index (χ1v) is 6.44. The molecule has 4 nitrogen and oxygen atoms in total. The summed E-state index contributed by atoms with van der Waals surface area (Å²) in [4.78, 5) is 0. The van der Waals surface area contributed by atoms with Crippen molar-refractivity contribution in [1.82, 2.24) is 9.78 Å². The van der Waals surface area contributed by atoms with Gasteiger partial charge >= 0.3 is 6.61 Å². The van der Waals surface area contributed by atoms with Crippen molar-refractivity contribution in [1.29, 1.82) is 0 Å². The van der Waals surface area contributed by atoms with Crippen molar-refractivity contribution in [2.24, 2.45) is 7.05 Å². The Balaban J connectivity index is 1.96. The number of rotatable bonds is 4. The molecule has 0 atom stereocenters. The number of aromatic nitrogens is 2. The fourth-order valence-corrected chi connectivity index (χ4v) is 2.30. The summed E-state index contributed by atoms with van der Waals surface area (Å²) in [6.07, 6.45) is 2.24. The van der Waals surface area contributed by atoms with Crippen molar-refractivity contribution in [2.75, 3.05) is 5.73 Å². The van der Waals surface area contributed by atoms with Crippen LogP contribution < -0.4 is 10.5 Å². The van der Waals surface area contributed by atoms with Gasteiger partial charge in [0.25, 0.3) is 0 Å². The molecule has 1 aromatic heterocycles. The van der Waals surface area contributed by atoms with Gasteiger partial charge in [-0.15, -0.1) is 0 Å². The summed E-state index contributed by atoms with van der Waals surface area (Å²) >= 11 is 0. The number of nitrogens with two attached hydrogens (primary N) is 1. The molecular formula is C14H15F2N3O. The fourth-order valence-electron chi connectivity index (χ4n) is 2.30. The highest BCUT2D eigenvalue weighted by Crippen LogP contribution is 2.45. The highest BCUT2D eigenvalue weighted by molar-refractivity contribution is 5.77. The Morgan fingerprint density at radius 3 is 2.50 bits per heavy atom. The highest BCUT2D eigenvalue weighted by Gasteiger charge is 2.31. The highest BCUT2D eigenvalue weighted by atomic mass is 19.3. The maximum Gasteiger partial charge on any atom is 0.387 e. The fraction of sp³-hybridized carbons (Fsp3) is 0.357. The number of benzene rings is 1. The second-order valence-corrected chi connectivity index (χ2v) is 4.95. The number of hydrogen-bond donors (Lipinski definition) is 1. The lowest BCUT2D eigenvalue weighted by molar-refractivity contribution is -0.0498. The Bertz CT molecular complexity index is 618. The third-order valence-electron chi connectivity index (χ3n) is 3.45. The van der Waals surface area contributed by atoms with E-state index in [0.717, 1.165) is 29.7 Å². The number of hydrogen-bond acceptors (Lipinski definition) is 3. The molecule has 0 aliphatic heterocycles. The first-order valence-electron chi connectivity index (χ1n) is 6.44. The predicted molar refractivity (Wildman–Crippen MR) is 71.7 cm³/mol. The molecule has 0 saturated heterocycles. The minimum atomic E-state index is -2.81. The van der Waals surface area contributed by atoms with E-state index in [1.165, 1.54) is 12.1 Å². The average Bonchev–Trinajstić information content (AvgIpc) is 3.19. The molecular weight excluding hydrogens is 264 g/mol. The van der Waals surface area contributed by atoms with Crippen molar-refractivity contribution in [3.8, 4) is 16.9 Å². The number of nitrogens with zero attached hydrogens (tertiary/aromatic N) is 2. The van der Waals surface area contributed by atoms with Crippen LogP contribution in [0, 0.1) is 0 Å². The van der Waals surface area contributed by atoms with Gasteiger partial charge in [-0.3, -0.25) is 4.68 Å². The average molecular weight is 279 g/mol. The normalized spacial score (nSPS) is 14.8. The number of alkyl halides is 2. The number of aryl methyl sites for hydroxylation is 1. The van der Waals surface area contributed by atoms with E-state index in [1.807, 2.05) is 0 Å². The third kappa shape index (κ3) is 2.33. The van der Waals surface area contributed by atoms with Crippen LogP contribution >= 0.6 is 0 Å². The van der Waals surface area contributed by atoms with Crippen LogP contribution in [0.2, 0.25) is 0 Å². The maximum absolute atomic E-state index is 12.1. The smallest absolute Gasteiger partial charge is 0.387 e. The number of anilines is 1. The molecule has 2 N–H and O–H groups in total. The van der Waals surface area contributed by atoms with Gasteiger partial charge < -0.3 is 10.5 Å². The zero-order chi connectivity index (χ0) is 14.3. The van der Waals surface area contributed by atoms with Crippen molar-refractivity contribution in [3.05, 3.63) is 30.0 Å². The third-order valence-corrected chi connectivity index (χ3v) is 3.45. The Hall–Kier alpha value is -2.11. The molecule has 1 aliphatic rings. The van der Waals surface area contributed by atoms with Crippen LogP contribution in [0.15, 0.2) is 24.3 Å². The lowest BCUT2D eigenvalue weighted by Crippen LogP contribution is -2.01. The summed E-state index contributed by atoms with van der Waals surface area (Å²) in [5.74, 6) is 1.19. The molecule has 20 heavy (non-hydrogen) atoms. The summed E-state index contributed by atoms with van der Waals surface area (Å²) in [5, 5.41) is 4.46. The molecule has 1 fully saturated rings. The molecule has 6 heteroatoms. The standard InChI is InChI=1S/C14H15F2N3O/c1-19-13(17)11(12(18-19)9-2-3-9)8-4-6-10(7-5-8)20-14(15)16/h4-7,9,14H,2-3,17H2,1H3. The van der Waals surface area contributed by atoms with Crippen LogP contribution in [0.5, 0.6) is 5.75 Å². The minimum Gasteiger partial charge on any atom is -0.435 e. The van der Waals surface area contributed by atoms with E-state index in [1.54, 1.807) is 23.9 Å². The van der Waals surface area contributed by atoms with Crippen molar-refractivity contribution >= 4 is 5.82 Å². The Morgan fingerprint density at radius 1 is 1.30 bits per heavy atom. The quantitative estimate of drug-likeness (QED) is 0.935. The van der Waals surface area contributed by atoms with Crippen LogP contribution in [-0.2, 0) is 7.05 Å². The van der Waals surface area contributed by atoms with Gasteiger partial charge in [-0.2, -0.15) is 13.9 Å². The molecule has 106 valence electrons. The van der Waals surface area contributed by atoms with Crippen molar-refractivity contribution in [2.45, 2.75) is 25.4 Å². The van der Waals surface area contributed by atoms with Crippen molar-refractivity contribution in [3.63, 3.8) is 0 Å². The molecule has 1 aliphatic carbocycles. The van der Waals surface area contributed by atoms with Gasteiger partial charge in [0.05, 0.1) is 5.69 Å². The first-order chi connectivity index (χ1) is 9.56. The van der Waals surface area contributed by atoms with Gasteiger partial charge in [-0.1, -0.05) is 12.1 Å². The molecule has 1 aromatic carbocycles. The number of halogens is 2. The van der Waals surface area contributed by atoms with E-state index in [9.17, 15) is 8.78 Å². The second-order valence-electron chi connectivity index (χ2n) is 4.95. The van der Waals surface area contributed by atoms with Gasteiger partial charge in [-0.25, -0.2) is 0 Å². The largest absolute Gasteiger partial charge is 0.435 e. The summed E-state index contributed by atoms with van der Waals surface area (Å²) in [6.45, 7) is -2.81. The summed E-state index contributed by atoms with van der Waals surface area (Å²) in [6, 6.07) is 6.50. The lowest BCUT2D eigenvalue weighted by atomic mass is 10.0. The summed E-state index contributed by atoms with van der Waals surface area (Å²) in [5.41, 5.74) is 8.84. The summed E-state index contributed by atoms with van der Waals surface area (Å²) in [7, 11) is 1.80. The molecule has 1 heterocycles. The maximum atomic E-state index is 12.1. The van der Waals surface area contributed by atoms with E-state index in [2.05, 4.69) is 9.84 Å². The van der Waals surface area contributed by atoms with Crippen LogP contribution in [0.25, 0.3) is 11.1 Å². The molecule has 0 unspecified atom stereocenters. The van der Waals surface area contributed by atoms with E-state index in [0.29, 0.717) is 11.7 Å². The molecule has 0 spiro atoms. The molecule has 1 saturated carbocycles. The molecule has 0 radical (unpaired) electrons. The zero-order valence-electron chi connectivity index (χ0n) is 11.0. The Kier molecular flexibility index (Phi) is 3.08. The molecule has 0 amide bonds. The predicted octanol–water partition coefficient (Wildman–Crippen LogP) is 3.15. The molecule has 3 rings (SSSR count). The van der Waals surface area contributed by atoms with Gasteiger partial charge in [0.2, 0.25) is 0 Å². The van der Waals surface area contributed by atoms with Gasteiger partial charge in [0.1, 0.15) is 11.6 Å². The van der Waals surface area contributed by atoms with Crippen LogP contribution in [0.4, 0.5) is 14.6 Å². The molecule has 2 aromatic rings. The van der Waals surface area contributed by atoms with Crippen LogP contribution in [-0.4, -0.2) is 16.4 Å². The van der Waals surface area contributed by atoms with E-state index >= 15 is 0 Å². The SMILES string of the molecule is Cn1nc(C2CC2)c(-c2ccc(OC(F)F)cc2)c1N. The van der Waals surface area contributed by atoms with Gasteiger partial charge in [0, 0.05) is 18.5 Å². The zero-order valence-corrected chi connectivity index (χ0v) is 11.0. The monoisotopic (exact) mass is 279 g/mol. The lowest BCUT2D eigenvalue weighted by Gasteiger charge is -2.07.